The molecular weight excluding hydrogens is 593 g/mol. The van der Waals surface area contributed by atoms with Gasteiger partial charge in [0, 0.05) is 22.4 Å². The van der Waals surface area contributed by atoms with Crippen molar-refractivity contribution in [3.63, 3.8) is 0 Å². The highest BCUT2D eigenvalue weighted by atomic mass is 19.1. The highest BCUT2D eigenvalue weighted by Gasteiger charge is 2.76. The zero-order valence-corrected chi connectivity index (χ0v) is 26.2. The minimum absolute atomic E-state index is 0.00314. The van der Waals surface area contributed by atoms with Gasteiger partial charge in [-0.2, -0.15) is 0 Å². The molecule has 10 heteroatoms. The maximum atomic E-state index is 15.7. The number of aliphatic hydroxyl groups excluding tert-OH is 2. The van der Waals surface area contributed by atoms with E-state index in [1.165, 1.54) is 19.2 Å². The molecular formula is C36H40FNO8. The van der Waals surface area contributed by atoms with Crippen LogP contribution in [0.25, 0.3) is 0 Å². The zero-order chi connectivity index (χ0) is 32.6. The van der Waals surface area contributed by atoms with E-state index in [1.54, 1.807) is 24.3 Å². The molecule has 9 atom stereocenters. The molecule has 0 spiro atoms. The van der Waals surface area contributed by atoms with Crippen LogP contribution in [0, 0.1) is 34.4 Å². The first-order valence-corrected chi connectivity index (χ1v) is 15.9. The number of ketones is 2. The Bertz CT molecular complexity index is 1660. The average Bonchev–Trinajstić information content (AvgIpc) is 3.52. The molecule has 1 saturated heterocycles. The second-order valence-electron chi connectivity index (χ2n) is 13.9. The van der Waals surface area contributed by atoms with Crippen molar-refractivity contribution in [2.45, 2.75) is 70.2 Å². The fourth-order valence-electron chi connectivity index (χ4n) is 9.76. The second-order valence-corrected chi connectivity index (χ2v) is 13.9. The van der Waals surface area contributed by atoms with Gasteiger partial charge in [0.1, 0.15) is 19.0 Å². The number of methoxy groups -OCH3 is 1. The lowest BCUT2D eigenvalue weighted by Crippen LogP contribution is -2.63. The summed E-state index contributed by atoms with van der Waals surface area (Å²) in [4.78, 5) is 26.1. The summed E-state index contributed by atoms with van der Waals surface area (Å²) in [5, 5.41) is 22.2. The smallest absolute Gasteiger partial charge is 0.193 e. The number of halogens is 1. The number of rotatable bonds is 7. The van der Waals surface area contributed by atoms with Crippen LogP contribution in [-0.2, 0) is 25.7 Å². The number of carbonyl (C=O) groups excluding carboxylic acids is 2. The van der Waals surface area contributed by atoms with Gasteiger partial charge in [0.05, 0.1) is 24.9 Å². The highest BCUT2D eigenvalue weighted by molar-refractivity contribution is 6.01. The molecule has 0 radical (unpaired) electrons. The molecule has 0 amide bonds. The van der Waals surface area contributed by atoms with Crippen LogP contribution in [0.1, 0.15) is 56.9 Å². The Balaban J connectivity index is 1.23. The van der Waals surface area contributed by atoms with Crippen LogP contribution >= 0.6 is 0 Å². The van der Waals surface area contributed by atoms with Crippen LogP contribution in [0.3, 0.4) is 0 Å². The summed E-state index contributed by atoms with van der Waals surface area (Å²) in [6.07, 6.45) is 4.34. The maximum Gasteiger partial charge on any atom is 0.193 e. The molecule has 7 rings (SSSR count). The maximum absolute atomic E-state index is 15.7. The lowest BCUT2D eigenvalue weighted by Gasteiger charge is -2.59. The van der Waals surface area contributed by atoms with Crippen LogP contribution in [-0.4, -0.2) is 53.3 Å². The Morgan fingerprint density at radius 3 is 2.76 bits per heavy atom. The van der Waals surface area contributed by atoms with E-state index >= 15 is 4.39 Å². The molecule has 4 aliphatic carbocycles. The number of allylic oxidation sites excluding steroid dienone is 4. The minimum Gasteiger partial charge on any atom is -0.492 e. The number of hydrogen-bond donors (Lipinski definition) is 3. The van der Waals surface area contributed by atoms with E-state index in [2.05, 4.69) is 6.92 Å². The first-order chi connectivity index (χ1) is 22.0. The Morgan fingerprint density at radius 2 is 2.02 bits per heavy atom. The van der Waals surface area contributed by atoms with Gasteiger partial charge in [-0.05, 0) is 79.5 Å². The van der Waals surface area contributed by atoms with Crippen molar-refractivity contribution < 1.29 is 43.1 Å². The third kappa shape index (κ3) is 4.33. The Labute approximate surface area is 267 Å². The number of ether oxygens (including phenoxy) is 4. The number of Topliss-reactive ketones (excluding diaryl/α,β-unsaturated/α-hetero) is 1. The van der Waals surface area contributed by atoms with Gasteiger partial charge in [-0.15, -0.1) is 0 Å². The van der Waals surface area contributed by atoms with Crippen molar-refractivity contribution in [1.29, 1.82) is 0 Å². The van der Waals surface area contributed by atoms with Crippen LogP contribution < -0.4 is 15.2 Å². The number of aliphatic hydroxyl groups is 2. The third-order valence-electron chi connectivity index (χ3n) is 11.7. The van der Waals surface area contributed by atoms with Crippen molar-refractivity contribution in [3.05, 3.63) is 77.1 Å². The normalized spacial score (nSPS) is 37.5. The Morgan fingerprint density at radius 1 is 1.22 bits per heavy atom. The fraction of sp³-hybridized carbons (Fsp3) is 0.500. The molecule has 9 nitrogen and oxygen atoms in total. The quantitative estimate of drug-likeness (QED) is 0.374. The van der Waals surface area contributed by atoms with E-state index in [1.807, 2.05) is 25.1 Å². The molecule has 0 aromatic heterocycles. The predicted octanol–water partition coefficient (Wildman–Crippen LogP) is 4.60. The number of hydrogen-bond acceptors (Lipinski definition) is 9. The molecule has 5 aliphatic rings. The SMILES string of the molecule is COc1c(OCc2cccc(N)c2)ccc(F)c1[C@H]1O[C@@H]2C[C@H]3[C@@H]4CCC5=CC(=O)C=C[C@]5(C)[C@H]4[C@@H](O)C[C@]3(C)[C@]2(C(=O)CO)O1. The number of nitrogen functional groups attached to an aromatic ring is 1. The molecule has 4 N–H and O–H groups in total. The number of carbonyl (C=O) groups is 2. The zero-order valence-electron chi connectivity index (χ0n) is 26.2. The summed E-state index contributed by atoms with van der Waals surface area (Å²) in [5.74, 6) is -1.19. The molecule has 244 valence electrons. The first kappa shape index (κ1) is 31.1. The summed E-state index contributed by atoms with van der Waals surface area (Å²) in [5.41, 5.74) is 5.23. The molecule has 1 aliphatic heterocycles. The molecule has 0 bridgehead atoms. The van der Waals surface area contributed by atoms with Crippen molar-refractivity contribution in [2.75, 3.05) is 19.5 Å². The van der Waals surface area contributed by atoms with Crippen LogP contribution in [0.2, 0.25) is 0 Å². The molecule has 3 saturated carbocycles. The Kier molecular flexibility index (Phi) is 7.43. The number of anilines is 1. The highest BCUT2D eigenvalue weighted by Crippen LogP contribution is 2.70. The van der Waals surface area contributed by atoms with Gasteiger partial charge in [-0.3, -0.25) is 9.59 Å². The molecule has 46 heavy (non-hydrogen) atoms. The summed E-state index contributed by atoms with van der Waals surface area (Å²) in [7, 11) is 1.39. The first-order valence-electron chi connectivity index (χ1n) is 15.9. The minimum atomic E-state index is -1.63. The standard InChI is InChI=1S/C36H40FNO8/c1-34-12-11-22(40)14-20(34)7-8-23-24-15-29-36(28(42)17-39,35(24,2)16-26(41)31(23)34)46-33(45-29)30-25(37)9-10-27(32(30)43-3)44-18-19-5-4-6-21(38)13-19/h4-6,9-14,23-24,26,29,31,33,39,41H,7-8,15-18,38H2,1-3H3/t23-,24-,26-,29+,31+,33-,34-,35-,36+/m0/s1. The van der Waals surface area contributed by atoms with Gasteiger partial charge in [0.25, 0.3) is 0 Å². The molecule has 2 aromatic carbocycles. The van der Waals surface area contributed by atoms with Crippen LogP contribution in [0.15, 0.2) is 60.2 Å². The summed E-state index contributed by atoms with van der Waals surface area (Å²) in [6.45, 7) is 3.36. The van der Waals surface area contributed by atoms with Gasteiger partial charge in [0.15, 0.2) is 35.0 Å². The van der Waals surface area contributed by atoms with E-state index in [0.29, 0.717) is 18.5 Å². The van der Waals surface area contributed by atoms with Gasteiger partial charge < -0.3 is 34.9 Å². The van der Waals surface area contributed by atoms with Crippen LogP contribution in [0.5, 0.6) is 11.5 Å². The van der Waals surface area contributed by atoms with E-state index in [9.17, 15) is 19.8 Å². The molecule has 4 fully saturated rings. The monoisotopic (exact) mass is 633 g/mol. The van der Waals surface area contributed by atoms with Crippen molar-refractivity contribution >= 4 is 17.3 Å². The summed E-state index contributed by atoms with van der Waals surface area (Å²) in [6, 6.07) is 9.92. The molecule has 0 unspecified atom stereocenters. The van der Waals surface area contributed by atoms with E-state index in [-0.39, 0.29) is 53.6 Å². The van der Waals surface area contributed by atoms with Gasteiger partial charge in [-0.25, -0.2) is 4.39 Å². The molecule has 2 aromatic rings. The van der Waals surface area contributed by atoms with Crippen molar-refractivity contribution in [1.82, 2.24) is 0 Å². The lowest BCUT2D eigenvalue weighted by molar-refractivity contribution is -0.201. The Hall–Kier alpha value is -3.57. The average molecular weight is 634 g/mol. The summed E-state index contributed by atoms with van der Waals surface area (Å²) >= 11 is 0. The fourth-order valence-corrected chi connectivity index (χ4v) is 9.76. The van der Waals surface area contributed by atoms with Crippen molar-refractivity contribution in [2.24, 2.45) is 28.6 Å². The van der Waals surface area contributed by atoms with E-state index < -0.39 is 53.1 Å². The second kappa shape index (κ2) is 11.0. The number of benzene rings is 2. The van der Waals surface area contributed by atoms with Gasteiger partial charge in [-0.1, -0.05) is 37.6 Å². The van der Waals surface area contributed by atoms with Crippen molar-refractivity contribution in [3.8, 4) is 11.5 Å². The van der Waals surface area contributed by atoms with Gasteiger partial charge in [0.2, 0.25) is 0 Å². The van der Waals surface area contributed by atoms with E-state index in [4.69, 9.17) is 24.7 Å². The van der Waals surface area contributed by atoms with Crippen LogP contribution in [0.4, 0.5) is 10.1 Å². The largest absolute Gasteiger partial charge is 0.492 e. The third-order valence-corrected chi connectivity index (χ3v) is 11.7. The predicted molar refractivity (Wildman–Crippen MR) is 165 cm³/mol. The topological polar surface area (TPSA) is 138 Å². The number of nitrogens with two attached hydrogens (primary N) is 1. The number of fused-ring (bicyclic) bond motifs is 7. The lowest BCUT2D eigenvalue weighted by atomic mass is 9.46. The van der Waals surface area contributed by atoms with Gasteiger partial charge >= 0.3 is 0 Å². The molecule has 1 heterocycles. The van der Waals surface area contributed by atoms with E-state index in [0.717, 1.165) is 17.6 Å². The summed E-state index contributed by atoms with van der Waals surface area (Å²) < 4.78 is 40.4.